The van der Waals surface area contributed by atoms with Crippen molar-refractivity contribution < 1.29 is 14.7 Å². The van der Waals surface area contributed by atoms with Crippen molar-refractivity contribution in [3.8, 4) is 0 Å². The number of fused-ring (bicyclic) bond motifs is 1. The minimum absolute atomic E-state index is 0.0298. The van der Waals surface area contributed by atoms with E-state index in [0.717, 1.165) is 32.1 Å². The Balaban J connectivity index is 1.96. The van der Waals surface area contributed by atoms with E-state index >= 15 is 0 Å². The lowest BCUT2D eigenvalue weighted by Gasteiger charge is -2.51. The molecular formula is C15H23NO3. The van der Waals surface area contributed by atoms with Gasteiger partial charge >= 0.3 is 0 Å². The van der Waals surface area contributed by atoms with Gasteiger partial charge in [0.1, 0.15) is 12.3 Å². The van der Waals surface area contributed by atoms with Crippen molar-refractivity contribution >= 4 is 11.6 Å². The first kappa shape index (κ1) is 13.3. The lowest BCUT2D eigenvalue weighted by Crippen LogP contribution is -3.13. The van der Waals surface area contributed by atoms with E-state index in [1.54, 1.807) is 0 Å². The molecule has 106 valence electrons. The lowest BCUT2D eigenvalue weighted by molar-refractivity contribution is -0.870. The minimum atomic E-state index is -0.332. The zero-order chi connectivity index (χ0) is 13.6. The van der Waals surface area contributed by atoms with E-state index in [2.05, 4.69) is 6.92 Å². The van der Waals surface area contributed by atoms with Crippen LogP contribution in [0.15, 0.2) is 0 Å². The van der Waals surface area contributed by atoms with Gasteiger partial charge in [-0.15, -0.1) is 0 Å². The first-order valence-corrected chi connectivity index (χ1v) is 7.59. The fraction of sp³-hybridized carbons (Fsp3) is 0.867. The molecule has 1 spiro atoms. The third-order valence-electron chi connectivity index (χ3n) is 5.64. The highest BCUT2D eigenvalue weighted by molar-refractivity contribution is 5.88. The van der Waals surface area contributed by atoms with E-state index < -0.39 is 0 Å². The van der Waals surface area contributed by atoms with Crippen molar-refractivity contribution in [1.82, 2.24) is 0 Å². The van der Waals surface area contributed by atoms with Gasteiger partial charge in [-0.25, -0.2) is 0 Å². The van der Waals surface area contributed by atoms with Crippen molar-refractivity contribution in [1.29, 1.82) is 0 Å². The number of quaternary nitrogens is 1. The summed E-state index contributed by atoms with van der Waals surface area (Å²) in [6.45, 7) is 2.22. The summed E-state index contributed by atoms with van der Waals surface area (Å²) in [7, 11) is 0. The van der Waals surface area contributed by atoms with Crippen LogP contribution < -0.4 is 5.06 Å². The summed E-state index contributed by atoms with van der Waals surface area (Å²) in [6, 6.07) is -0.0298. The normalized spacial score (nSPS) is 47.3. The Labute approximate surface area is 114 Å². The summed E-state index contributed by atoms with van der Waals surface area (Å²) < 4.78 is 0. The Hall–Kier alpha value is -0.740. The van der Waals surface area contributed by atoms with Crippen LogP contribution in [-0.2, 0) is 9.59 Å². The van der Waals surface area contributed by atoms with Gasteiger partial charge in [0.25, 0.3) is 0 Å². The van der Waals surface area contributed by atoms with Crippen LogP contribution in [0.3, 0.4) is 0 Å². The van der Waals surface area contributed by atoms with Crippen LogP contribution >= 0.6 is 0 Å². The number of Topliss-reactive ketones (excluding diaryl/α,β-unsaturated/α-hetero) is 2. The molecule has 2 bridgehead atoms. The van der Waals surface area contributed by atoms with Crippen LogP contribution in [0, 0.1) is 22.5 Å². The summed E-state index contributed by atoms with van der Waals surface area (Å²) in [5.41, 5.74) is -0.332. The van der Waals surface area contributed by atoms with Gasteiger partial charge < -0.3 is 10.3 Å². The predicted molar refractivity (Wildman–Crippen MR) is 70.4 cm³/mol. The van der Waals surface area contributed by atoms with Crippen LogP contribution in [0.5, 0.6) is 0 Å². The molecule has 2 aliphatic carbocycles. The van der Waals surface area contributed by atoms with Gasteiger partial charge in [0, 0.05) is 24.7 Å². The quantitative estimate of drug-likeness (QED) is 0.662. The maximum atomic E-state index is 12.6. The fourth-order valence-corrected chi connectivity index (χ4v) is 4.71. The Morgan fingerprint density at radius 3 is 2.89 bits per heavy atom. The highest BCUT2D eigenvalue weighted by Gasteiger charge is 2.53. The highest BCUT2D eigenvalue weighted by Crippen LogP contribution is 2.51. The van der Waals surface area contributed by atoms with Crippen LogP contribution in [-0.4, -0.2) is 24.2 Å². The number of hydrogen-bond acceptors (Lipinski definition) is 3. The third-order valence-corrected chi connectivity index (χ3v) is 5.64. The molecule has 4 heteroatoms. The van der Waals surface area contributed by atoms with Gasteiger partial charge in [-0.1, -0.05) is 6.92 Å². The van der Waals surface area contributed by atoms with Gasteiger partial charge in [0.15, 0.2) is 5.78 Å². The number of carbonyl (C=O) groups is 2. The van der Waals surface area contributed by atoms with E-state index in [1.807, 2.05) is 0 Å². The number of nitrogens with one attached hydrogen (secondary N) is 1. The second-order valence-electron chi connectivity index (χ2n) is 7.00. The molecule has 3 aliphatic rings. The standard InChI is InChI=1S/C15H23NO3/c1-10-5-11-7-13(17)9-16(19)12-3-2-4-15(11,8-12)14(18)6-10/h10-12,16H,2-9H2,1H3/t10-,11?,12?,15?/m1/s1. The molecule has 0 aromatic rings. The average Bonchev–Trinajstić information content (AvgIpc) is 2.35. The van der Waals surface area contributed by atoms with Crippen molar-refractivity contribution in [2.45, 2.75) is 57.9 Å². The second kappa shape index (κ2) is 4.67. The molecule has 19 heavy (non-hydrogen) atoms. The third kappa shape index (κ3) is 2.15. The van der Waals surface area contributed by atoms with Crippen molar-refractivity contribution in [3.63, 3.8) is 0 Å². The number of hydroxylamine groups is 2. The topological polar surface area (TPSA) is 61.6 Å². The fourth-order valence-electron chi connectivity index (χ4n) is 4.71. The Bertz CT molecular complexity index is 408. The zero-order valence-electron chi connectivity index (χ0n) is 11.6. The Morgan fingerprint density at radius 2 is 2.11 bits per heavy atom. The van der Waals surface area contributed by atoms with Crippen molar-refractivity contribution in [2.75, 3.05) is 6.54 Å². The molecule has 1 N–H and O–H groups in total. The van der Waals surface area contributed by atoms with Crippen LogP contribution in [0.2, 0.25) is 0 Å². The van der Waals surface area contributed by atoms with Gasteiger partial charge in [0.2, 0.25) is 0 Å². The largest absolute Gasteiger partial charge is 0.634 e. The first-order valence-electron chi connectivity index (χ1n) is 7.59. The average molecular weight is 265 g/mol. The number of rotatable bonds is 0. The smallest absolute Gasteiger partial charge is 0.187 e. The minimum Gasteiger partial charge on any atom is -0.634 e. The number of hydrogen-bond donors (Lipinski definition) is 1. The molecule has 0 radical (unpaired) electrons. The summed E-state index contributed by atoms with van der Waals surface area (Å²) in [4.78, 5) is 24.6. The maximum absolute atomic E-state index is 12.6. The van der Waals surface area contributed by atoms with Crippen LogP contribution in [0.25, 0.3) is 0 Å². The van der Waals surface area contributed by atoms with Gasteiger partial charge in [-0.3, -0.25) is 9.59 Å². The molecule has 1 aliphatic heterocycles. The molecule has 0 aromatic heterocycles. The van der Waals surface area contributed by atoms with Crippen molar-refractivity contribution in [3.05, 3.63) is 5.21 Å². The molecule has 4 unspecified atom stereocenters. The number of ketones is 2. The van der Waals surface area contributed by atoms with E-state index in [1.165, 1.54) is 0 Å². The van der Waals surface area contributed by atoms with Gasteiger partial charge in [-0.05, 0) is 37.5 Å². The van der Waals surface area contributed by atoms with Crippen LogP contribution in [0.1, 0.15) is 51.9 Å². The predicted octanol–water partition coefficient (Wildman–Crippen LogP) is 0.886. The van der Waals surface area contributed by atoms with Gasteiger partial charge in [-0.2, -0.15) is 0 Å². The maximum Gasteiger partial charge on any atom is 0.187 e. The summed E-state index contributed by atoms with van der Waals surface area (Å²) in [5.74, 6) is 0.995. The lowest BCUT2D eigenvalue weighted by atomic mass is 9.54. The molecule has 3 fully saturated rings. The molecule has 3 rings (SSSR count). The number of carbonyl (C=O) groups excluding carboxylic acids is 2. The van der Waals surface area contributed by atoms with Gasteiger partial charge in [0.05, 0.1) is 6.04 Å². The molecule has 1 saturated heterocycles. The summed E-state index contributed by atoms with van der Waals surface area (Å²) in [6.07, 6.45) is 5.57. The van der Waals surface area contributed by atoms with E-state index in [4.69, 9.17) is 0 Å². The highest BCUT2D eigenvalue weighted by atomic mass is 16.5. The van der Waals surface area contributed by atoms with E-state index in [9.17, 15) is 14.8 Å². The van der Waals surface area contributed by atoms with Crippen molar-refractivity contribution in [2.24, 2.45) is 17.3 Å². The zero-order valence-corrected chi connectivity index (χ0v) is 11.6. The second-order valence-corrected chi connectivity index (χ2v) is 7.00. The first-order chi connectivity index (χ1) is 9.01. The van der Waals surface area contributed by atoms with Crippen LogP contribution in [0.4, 0.5) is 0 Å². The van der Waals surface area contributed by atoms with E-state index in [0.29, 0.717) is 24.5 Å². The summed E-state index contributed by atoms with van der Waals surface area (Å²) in [5, 5.41) is 12.2. The molecule has 1 heterocycles. The molecule has 5 atom stereocenters. The monoisotopic (exact) mass is 265 g/mol. The Kier molecular flexibility index (Phi) is 3.26. The molecule has 4 nitrogen and oxygen atoms in total. The molecule has 0 amide bonds. The SMILES string of the molecule is C[C@H]1CC(=O)C23CCCC(C2)[NH+]([O-])CC(=O)CC3C1. The molecule has 0 aromatic carbocycles. The van der Waals surface area contributed by atoms with E-state index in [-0.39, 0.29) is 34.8 Å². The summed E-state index contributed by atoms with van der Waals surface area (Å²) >= 11 is 0. The molecular weight excluding hydrogens is 242 g/mol. The molecule has 2 saturated carbocycles. The Morgan fingerprint density at radius 1 is 1.32 bits per heavy atom.